The molecule has 1 heterocycles. The van der Waals surface area contributed by atoms with Crippen LogP contribution in [0.4, 0.5) is 5.69 Å². The van der Waals surface area contributed by atoms with Crippen LogP contribution in [0.2, 0.25) is 0 Å². The molecule has 0 aliphatic carbocycles. The lowest BCUT2D eigenvalue weighted by Gasteiger charge is -2.10. The topological polar surface area (TPSA) is 65.4 Å². The molecule has 0 amide bonds. The zero-order valence-electron chi connectivity index (χ0n) is 10.1. The van der Waals surface area contributed by atoms with Crippen molar-refractivity contribution in [2.75, 3.05) is 18.5 Å². The number of thiazole rings is 1. The third-order valence-corrected chi connectivity index (χ3v) is 3.33. The molecule has 0 aliphatic rings. The molecule has 18 heavy (non-hydrogen) atoms. The maximum atomic E-state index is 9.23. The summed E-state index contributed by atoms with van der Waals surface area (Å²) in [7, 11) is 0. The SMILES string of the molecule is Cc1nc(-c2ccc(NCC(O)CO)cc2)cs1. The lowest BCUT2D eigenvalue weighted by molar-refractivity contribution is 0.105. The van der Waals surface area contributed by atoms with Gasteiger partial charge in [-0.25, -0.2) is 4.98 Å². The van der Waals surface area contributed by atoms with Crippen LogP contribution >= 0.6 is 11.3 Å². The molecule has 96 valence electrons. The second-order valence-electron chi connectivity index (χ2n) is 4.05. The Morgan fingerprint density at radius 1 is 1.33 bits per heavy atom. The number of benzene rings is 1. The van der Waals surface area contributed by atoms with E-state index < -0.39 is 6.10 Å². The van der Waals surface area contributed by atoms with Gasteiger partial charge in [-0.2, -0.15) is 0 Å². The predicted octanol–water partition coefficient (Wildman–Crippen LogP) is 1.88. The highest BCUT2D eigenvalue weighted by Gasteiger charge is 2.03. The van der Waals surface area contributed by atoms with Crippen molar-refractivity contribution in [3.8, 4) is 11.3 Å². The van der Waals surface area contributed by atoms with Gasteiger partial charge in [0.1, 0.15) is 0 Å². The van der Waals surface area contributed by atoms with Gasteiger partial charge < -0.3 is 15.5 Å². The summed E-state index contributed by atoms with van der Waals surface area (Å²) < 4.78 is 0. The number of rotatable bonds is 5. The molecule has 1 aromatic heterocycles. The Labute approximate surface area is 110 Å². The third kappa shape index (κ3) is 3.29. The highest BCUT2D eigenvalue weighted by Crippen LogP contribution is 2.22. The molecule has 1 atom stereocenters. The largest absolute Gasteiger partial charge is 0.394 e. The fourth-order valence-corrected chi connectivity index (χ4v) is 2.18. The van der Waals surface area contributed by atoms with Crippen LogP contribution in [0.15, 0.2) is 29.6 Å². The fourth-order valence-electron chi connectivity index (χ4n) is 1.56. The van der Waals surface area contributed by atoms with E-state index in [1.807, 2.05) is 36.6 Å². The summed E-state index contributed by atoms with van der Waals surface area (Å²) in [6.45, 7) is 2.09. The minimum Gasteiger partial charge on any atom is -0.394 e. The second-order valence-corrected chi connectivity index (χ2v) is 5.11. The number of nitrogens with one attached hydrogen (secondary N) is 1. The summed E-state index contributed by atoms with van der Waals surface area (Å²) in [5.74, 6) is 0. The first kappa shape index (κ1) is 13.0. The van der Waals surface area contributed by atoms with Crippen molar-refractivity contribution in [1.82, 2.24) is 4.98 Å². The molecular weight excluding hydrogens is 248 g/mol. The Bertz CT molecular complexity index is 496. The fraction of sp³-hybridized carbons (Fsp3) is 0.308. The number of aliphatic hydroxyl groups is 2. The van der Waals surface area contributed by atoms with Gasteiger partial charge in [-0.3, -0.25) is 0 Å². The van der Waals surface area contributed by atoms with Crippen LogP contribution in [0.1, 0.15) is 5.01 Å². The van der Waals surface area contributed by atoms with Crippen LogP contribution in [-0.2, 0) is 0 Å². The lowest BCUT2D eigenvalue weighted by atomic mass is 10.1. The van der Waals surface area contributed by atoms with E-state index in [0.29, 0.717) is 6.54 Å². The van der Waals surface area contributed by atoms with E-state index in [1.54, 1.807) is 11.3 Å². The highest BCUT2D eigenvalue weighted by molar-refractivity contribution is 7.09. The molecule has 0 spiro atoms. The molecule has 0 saturated carbocycles. The Morgan fingerprint density at radius 2 is 2.06 bits per heavy atom. The lowest BCUT2D eigenvalue weighted by Crippen LogP contribution is -2.22. The van der Waals surface area contributed by atoms with Crippen molar-refractivity contribution in [3.05, 3.63) is 34.7 Å². The second kappa shape index (κ2) is 5.95. The van der Waals surface area contributed by atoms with Gasteiger partial charge in [0.15, 0.2) is 0 Å². The van der Waals surface area contributed by atoms with Crippen molar-refractivity contribution < 1.29 is 10.2 Å². The van der Waals surface area contributed by atoms with E-state index in [9.17, 15) is 5.11 Å². The van der Waals surface area contributed by atoms with E-state index in [-0.39, 0.29) is 6.61 Å². The molecule has 1 aromatic carbocycles. The van der Waals surface area contributed by atoms with Gasteiger partial charge in [0.2, 0.25) is 0 Å². The van der Waals surface area contributed by atoms with Gasteiger partial charge in [0.05, 0.1) is 23.4 Å². The van der Waals surface area contributed by atoms with E-state index in [0.717, 1.165) is 22.0 Å². The highest BCUT2D eigenvalue weighted by atomic mass is 32.1. The predicted molar refractivity (Wildman–Crippen MR) is 73.9 cm³/mol. The minimum atomic E-state index is -0.731. The van der Waals surface area contributed by atoms with Gasteiger partial charge in [-0.15, -0.1) is 11.3 Å². The molecular formula is C13H16N2O2S. The standard InChI is InChI=1S/C13H16N2O2S/c1-9-15-13(8-18-9)10-2-4-11(5-3-10)14-6-12(17)7-16/h2-5,8,12,14,16-17H,6-7H2,1H3. The molecule has 3 N–H and O–H groups in total. The normalized spacial score (nSPS) is 12.4. The average molecular weight is 264 g/mol. The molecule has 5 heteroatoms. The van der Waals surface area contributed by atoms with Gasteiger partial charge in [-0.1, -0.05) is 12.1 Å². The van der Waals surface area contributed by atoms with Crippen LogP contribution < -0.4 is 5.32 Å². The molecule has 0 fully saturated rings. The zero-order chi connectivity index (χ0) is 13.0. The smallest absolute Gasteiger partial charge is 0.0942 e. The van der Waals surface area contributed by atoms with Gasteiger partial charge in [0.25, 0.3) is 0 Å². The van der Waals surface area contributed by atoms with Crippen molar-refractivity contribution >= 4 is 17.0 Å². The summed E-state index contributed by atoms with van der Waals surface area (Å²) in [4.78, 5) is 4.42. The van der Waals surface area contributed by atoms with Crippen molar-refractivity contribution in [3.63, 3.8) is 0 Å². The first-order valence-corrected chi connectivity index (χ1v) is 6.62. The summed E-state index contributed by atoms with van der Waals surface area (Å²) in [6, 6.07) is 7.85. The Kier molecular flexibility index (Phi) is 4.30. The molecule has 4 nitrogen and oxygen atoms in total. The first-order valence-electron chi connectivity index (χ1n) is 5.74. The van der Waals surface area contributed by atoms with E-state index in [1.165, 1.54) is 0 Å². The third-order valence-electron chi connectivity index (χ3n) is 2.55. The van der Waals surface area contributed by atoms with Crippen LogP contribution in [-0.4, -0.2) is 34.5 Å². The van der Waals surface area contributed by atoms with Crippen molar-refractivity contribution in [1.29, 1.82) is 0 Å². The number of aryl methyl sites for hydroxylation is 1. The molecule has 1 unspecified atom stereocenters. The Balaban J connectivity index is 2.01. The van der Waals surface area contributed by atoms with E-state index in [2.05, 4.69) is 10.3 Å². The molecule has 2 aromatic rings. The quantitative estimate of drug-likeness (QED) is 0.771. The van der Waals surface area contributed by atoms with Gasteiger partial charge in [0, 0.05) is 23.2 Å². The van der Waals surface area contributed by atoms with Crippen molar-refractivity contribution in [2.45, 2.75) is 13.0 Å². The number of hydrogen-bond acceptors (Lipinski definition) is 5. The van der Waals surface area contributed by atoms with E-state index >= 15 is 0 Å². The van der Waals surface area contributed by atoms with Gasteiger partial charge in [-0.05, 0) is 19.1 Å². The van der Waals surface area contributed by atoms with Crippen LogP contribution in [0.3, 0.4) is 0 Å². The monoisotopic (exact) mass is 264 g/mol. The molecule has 0 aliphatic heterocycles. The average Bonchev–Trinajstić information content (AvgIpc) is 2.83. The summed E-state index contributed by atoms with van der Waals surface area (Å²) in [6.07, 6.45) is -0.731. The maximum Gasteiger partial charge on any atom is 0.0942 e. The van der Waals surface area contributed by atoms with Crippen molar-refractivity contribution in [2.24, 2.45) is 0 Å². The number of hydrogen-bond donors (Lipinski definition) is 3. The van der Waals surface area contributed by atoms with Crippen LogP contribution in [0, 0.1) is 6.92 Å². The number of aliphatic hydroxyl groups excluding tert-OH is 2. The van der Waals surface area contributed by atoms with Gasteiger partial charge >= 0.3 is 0 Å². The van der Waals surface area contributed by atoms with E-state index in [4.69, 9.17) is 5.11 Å². The summed E-state index contributed by atoms with van der Waals surface area (Å²) >= 11 is 1.63. The first-order chi connectivity index (χ1) is 8.69. The molecule has 0 saturated heterocycles. The molecule has 0 radical (unpaired) electrons. The minimum absolute atomic E-state index is 0.233. The number of nitrogens with zero attached hydrogens (tertiary/aromatic N) is 1. The number of aromatic nitrogens is 1. The Morgan fingerprint density at radius 3 is 2.61 bits per heavy atom. The Hall–Kier alpha value is -1.43. The van der Waals surface area contributed by atoms with Crippen LogP contribution in [0.5, 0.6) is 0 Å². The zero-order valence-corrected chi connectivity index (χ0v) is 10.9. The number of anilines is 1. The van der Waals surface area contributed by atoms with Crippen LogP contribution in [0.25, 0.3) is 11.3 Å². The molecule has 2 rings (SSSR count). The summed E-state index contributed by atoms with van der Waals surface area (Å²) in [5.41, 5.74) is 2.98. The maximum absolute atomic E-state index is 9.23. The molecule has 0 bridgehead atoms. The summed E-state index contributed by atoms with van der Waals surface area (Å²) in [5, 5.41) is 24.1.